The quantitative estimate of drug-likeness (QED) is 0.369. The average molecular weight is 527 g/mol. The van der Waals surface area contributed by atoms with Crippen molar-refractivity contribution in [2.75, 3.05) is 17.8 Å². The summed E-state index contributed by atoms with van der Waals surface area (Å²) >= 11 is 1.42. The molecule has 1 atom stereocenters. The monoisotopic (exact) mass is 526 g/mol. The van der Waals surface area contributed by atoms with E-state index in [2.05, 4.69) is 11.4 Å². The number of aromatic nitrogens is 2. The van der Waals surface area contributed by atoms with Gasteiger partial charge in [0, 0.05) is 23.4 Å². The van der Waals surface area contributed by atoms with Crippen LogP contribution in [0.1, 0.15) is 34.0 Å². The topological polar surface area (TPSA) is 76.5 Å². The molecular formula is C30H30N4O3S. The maximum Gasteiger partial charge on any atom is 0.248 e. The number of aryl methyl sites for hydroxylation is 3. The number of rotatable bonds is 6. The number of ether oxygens (including phenoxy) is 1. The number of para-hydroxylation sites is 2. The number of benzene rings is 3. The lowest BCUT2D eigenvalue weighted by molar-refractivity contribution is -0.126. The lowest BCUT2D eigenvalue weighted by Crippen LogP contribution is -2.44. The second-order valence-electron chi connectivity index (χ2n) is 9.38. The zero-order valence-electron chi connectivity index (χ0n) is 21.9. The molecule has 5 rings (SSSR count). The standard InChI is InChI=1S/C30H30N4O3S/c1-19-14-20(2)16-24(15-19)33-26(35)18-38-30-27(21(3)32-34(30)23-11-6-5-7-12-23)28(33)29(36)31-17-22-10-8-9-13-25(22)37-4/h5-16,28H,17-18H2,1-4H3,(H,31,36)/t28-/m0/s1. The van der Waals surface area contributed by atoms with Gasteiger partial charge in [-0.05, 0) is 62.2 Å². The summed E-state index contributed by atoms with van der Waals surface area (Å²) in [5.41, 5.74) is 5.92. The molecule has 0 spiro atoms. The highest BCUT2D eigenvalue weighted by Gasteiger charge is 2.40. The number of carbonyl (C=O) groups is 2. The summed E-state index contributed by atoms with van der Waals surface area (Å²) in [6, 6.07) is 22.4. The molecule has 3 aromatic carbocycles. The number of nitrogens with zero attached hydrogens (tertiary/aromatic N) is 3. The molecule has 1 aromatic heterocycles. The fourth-order valence-electron chi connectivity index (χ4n) is 4.95. The number of nitrogens with one attached hydrogen (secondary N) is 1. The molecule has 194 valence electrons. The van der Waals surface area contributed by atoms with Crippen LogP contribution in [0, 0.1) is 20.8 Å². The van der Waals surface area contributed by atoms with E-state index in [0.29, 0.717) is 17.1 Å². The van der Waals surface area contributed by atoms with E-state index in [9.17, 15) is 9.59 Å². The number of thioether (sulfide) groups is 1. The average Bonchev–Trinajstić information content (AvgIpc) is 3.15. The number of methoxy groups -OCH3 is 1. The molecule has 7 nitrogen and oxygen atoms in total. The molecule has 1 aliphatic heterocycles. The first-order valence-corrected chi connectivity index (χ1v) is 13.4. The number of anilines is 1. The number of hydrogen-bond donors (Lipinski definition) is 1. The molecule has 2 heterocycles. The van der Waals surface area contributed by atoms with Gasteiger partial charge in [-0.15, -0.1) is 0 Å². The highest BCUT2D eigenvalue weighted by atomic mass is 32.2. The smallest absolute Gasteiger partial charge is 0.248 e. The van der Waals surface area contributed by atoms with E-state index in [1.54, 1.807) is 12.0 Å². The van der Waals surface area contributed by atoms with Crippen molar-refractivity contribution in [2.45, 2.75) is 38.4 Å². The van der Waals surface area contributed by atoms with Crippen LogP contribution in [-0.4, -0.2) is 34.5 Å². The second-order valence-corrected chi connectivity index (χ2v) is 10.3. The molecule has 0 unspecified atom stereocenters. The number of carbonyl (C=O) groups excluding carboxylic acids is 2. The Kier molecular flexibility index (Phi) is 7.24. The second kappa shape index (κ2) is 10.8. The van der Waals surface area contributed by atoms with Gasteiger partial charge in [0.15, 0.2) is 0 Å². The zero-order chi connectivity index (χ0) is 26.8. The van der Waals surface area contributed by atoms with Gasteiger partial charge in [0.2, 0.25) is 11.8 Å². The van der Waals surface area contributed by atoms with E-state index in [-0.39, 0.29) is 24.1 Å². The number of amides is 2. The summed E-state index contributed by atoms with van der Waals surface area (Å²) in [5, 5.41) is 8.70. The number of fused-ring (bicyclic) bond motifs is 1. The maximum atomic E-state index is 14.1. The Bertz CT molecular complexity index is 1480. The summed E-state index contributed by atoms with van der Waals surface area (Å²) in [7, 11) is 1.61. The summed E-state index contributed by atoms with van der Waals surface area (Å²) in [5.74, 6) is 0.476. The normalized spacial score (nSPS) is 15.1. The largest absolute Gasteiger partial charge is 0.496 e. The van der Waals surface area contributed by atoms with Gasteiger partial charge in [-0.3, -0.25) is 14.5 Å². The Morgan fingerprint density at radius 1 is 1.00 bits per heavy atom. The maximum absolute atomic E-state index is 14.1. The lowest BCUT2D eigenvalue weighted by Gasteiger charge is -2.30. The van der Waals surface area contributed by atoms with Crippen molar-refractivity contribution in [1.29, 1.82) is 0 Å². The van der Waals surface area contributed by atoms with Crippen LogP contribution in [0.2, 0.25) is 0 Å². The van der Waals surface area contributed by atoms with Gasteiger partial charge in [0.05, 0.1) is 24.2 Å². The van der Waals surface area contributed by atoms with Crippen molar-refractivity contribution >= 4 is 29.3 Å². The molecule has 0 aliphatic carbocycles. The molecule has 0 fully saturated rings. The summed E-state index contributed by atoms with van der Waals surface area (Å²) in [6.07, 6.45) is 0. The predicted molar refractivity (Wildman–Crippen MR) is 150 cm³/mol. The molecule has 0 bridgehead atoms. The Balaban J connectivity index is 1.63. The third kappa shape index (κ3) is 4.91. The minimum atomic E-state index is -0.888. The van der Waals surface area contributed by atoms with E-state index in [1.165, 1.54) is 11.8 Å². The molecule has 8 heteroatoms. The van der Waals surface area contributed by atoms with Crippen LogP contribution < -0.4 is 15.0 Å². The first-order valence-electron chi connectivity index (χ1n) is 12.4. The molecular weight excluding hydrogens is 496 g/mol. The summed E-state index contributed by atoms with van der Waals surface area (Å²) < 4.78 is 7.31. The molecule has 1 aliphatic rings. The van der Waals surface area contributed by atoms with Crippen LogP contribution >= 0.6 is 11.8 Å². The highest BCUT2D eigenvalue weighted by molar-refractivity contribution is 8.00. The van der Waals surface area contributed by atoms with Gasteiger partial charge in [-0.25, -0.2) is 4.68 Å². The van der Waals surface area contributed by atoms with Crippen molar-refractivity contribution in [2.24, 2.45) is 0 Å². The van der Waals surface area contributed by atoms with Crippen LogP contribution in [-0.2, 0) is 16.1 Å². The molecule has 0 saturated heterocycles. The highest BCUT2D eigenvalue weighted by Crippen LogP contribution is 2.41. The minimum Gasteiger partial charge on any atom is -0.496 e. The zero-order valence-corrected chi connectivity index (χ0v) is 22.7. The minimum absolute atomic E-state index is 0.132. The molecule has 1 N–H and O–H groups in total. The number of hydrogen-bond acceptors (Lipinski definition) is 5. The van der Waals surface area contributed by atoms with E-state index < -0.39 is 6.04 Å². The Morgan fingerprint density at radius 3 is 2.39 bits per heavy atom. The van der Waals surface area contributed by atoms with Gasteiger partial charge in [0.25, 0.3) is 0 Å². The van der Waals surface area contributed by atoms with Crippen molar-refractivity contribution in [1.82, 2.24) is 15.1 Å². The van der Waals surface area contributed by atoms with Crippen molar-refractivity contribution in [3.8, 4) is 11.4 Å². The van der Waals surface area contributed by atoms with E-state index >= 15 is 0 Å². The van der Waals surface area contributed by atoms with Crippen LogP contribution in [0.15, 0.2) is 77.8 Å². The van der Waals surface area contributed by atoms with Crippen LogP contribution in [0.3, 0.4) is 0 Å². The van der Waals surface area contributed by atoms with Gasteiger partial charge in [-0.2, -0.15) is 5.10 Å². The molecule has 38 heavy (non-hydrogen) atoms. The van der Waals surface area contributed by atoms with E-state index in [0.717, 1.165) is 33.0 Å². The van der Waals surface area contributed by atoms with Crippen LogP contribution in [0.25, 0.3) is 5.69 Å². The van der Waals surface area contributed by atoms with Gasteiger partial charge in [0.1, 0.15) is 16.8 Å². The fourth-order valence-corrected chi connectivity index (χ4v) is 6.03. The van der Waals surface area contributed by atoms with Gasteiger partial charge < -0.3 is 10.1 Å². The molecule has 0 radical (unpaired) electrons. The molecule has 0 saturated carbocycles. The summed E-state index contributed by atoms with van der Waals surface area (Å²) in [6.45, 7) is 6.15. The third-order valence-corrected chi connectivity index (χ3v) is 7.63. The van der Waals surface area contributed by atoms with Crippen molar-refractivity contribution < 1.29 is 14.3 Å². The van der Waals surface area contributed by atoms with Crippen molar-refractivity contribution in [3.05, 3.63) is 101 Å². The lowest BCUT2D eigenvalue weighted by atomic mass is 10.0. The Labute approximate surface area is 226 Å². The fraction of sp³-hybridized carbons (Fsp3) is 0.233. The molecule has 2 amide bonds. The van der Waals surface area contributed by atoms with Gasteiger partial charge >= 0.3 is 0 Å². The third-order valence-electron chi connectivity index (χ3n) is 6.57. The first-order chi connectivity index (χ1) is 18.4. The van der Waals surface area contributed by atoms with Gasteiger partial charge in [-0.1, -0.05) is 54.2 Å². The van der Waals surface area contributed by atoms with Crippen LogP contribution in [0.4, 0.5) is 5.69 Å². The van der Waals surface area contributed by atoms with E-state index in [4.69, 9.17) is 9.84 Å². The van der Waals surface area contributed by atoms with Crippen molar-refractivity contribution in [3.63, 3.8) is 0 Å². The van der Waals surface area contributed by atoms with E-state index in [1.807, 2.05) is 92.2 Å². The Morgan fingerprint density at radius 2 is 1.68 bits per heavy atom. The predicted octanol–water partition coefficient (Wildman–Crippen LogP) is 5.30. The summed E-state index contributed by atoms with van der Waals surface area (Å²) in [4.78, 5) is 29.5. The van der Waals surface area contributed by atoms with Crippen LogP contribution in [0.5, 0.6) is 5.75 Å². The SMILES string of the molecule is COc1ccccc1CNC(=O)[C@@H]1c2c(C)nn(-c3ccccc3)c2SCC(=O)N1c1cc(C)cc(C)c1. The first kappa shape index (κ1) is 25.6. The molecule has 4 aromatic rings. The Hall–Kier alpha value is -4.04.